The van der Waals surface area contributed by atoms with Gasteiger partial charge in [0.25, 0.3) is 0 Å². The Balaban J connectivity index is 2.48. The van der Waals surface area contributed by atoms with Gasteiger partial charge < -0.3 is 10.4 Å². The largest absolute Gasteiger partial charge is 0.394 e. The monoisotopic (exact) mass is 237 g/mol. The Morgan fingerprint density at radius 2 is 2.41 bits per heavy atom. The SMILES string of the molecule is C=CCCC(CCC)Nc1cnn(CCO)c1. The third-order valence-corrected chi connectivity index (χ3v) is 2.69. The van der Waals surface area contributed by atoms with Crippen LogP contribution in [-0.2, 0) is 6.54 Å². The van der Waals surface area contributed by atoms with Crippen LogP contribution in [0.4, 0.5) is 5.69 Å². The molecule has 96 valence electrons. The fourth-order valence-electron chi connectivity index (χ4n) is 1.85. The van der Waals surface area contributed by atoms with Crippen LogP contribution in [-0.4, -0.2) is 27.5 Å². The first kappa shape index (κ1) is 13.8. The Morgan fingerprint density at radius 1 is 1.59 bits per heavy atom. The Kier molecular flexibility index (Phi) is 6.40. The van der Waals surface area contributed by atoms with Gasteiger partial charge in [0.1, 0.15) is 0 Å². The molecular weight excluding hydrogens is 214 g/mol. The van der Waals surface area contributed by atoms with Crippen LogP contribution in [0.15, 0.2) is 25.0 Å². The first-order valence-corrected chi connectivity index (χ1v) is 6.30. The number of nitrogens with one attached hydrogen (secondary N) is 1. The summed E-state index contributed by atoms with van der Waals surface area (Å²) >= 11 is 0. The number of allylic oxidation sites excluding steroid dienone is 1. The van der Waals surface area contributed by atoms with Gasteiger partial charge in [0, 0.05) is 12.2 Å². The molecule has 1 rings (SSSR count). The second-order valence-corrected chi connectivity index (χ2v) is 4.21. The highest BCUT2D eigenvalue weighted by atomic mass is 16.3. The van der Waals surface area contributed by atoms with E-state index in [1.54, 1.807) is 4.68 Å². The molecule has 0 amide bonds. The minimum Gasteiger partial charge on any atom is -0.394 e. The van der Waals surface area contributed by atoms with E-state index in [0.717, 1.165) is 24.9 Å². The summed E-state index contributed by atoms with van der Waals surface area (Å²) in [7, 11) is 0. The van der Waals surface area contributed by atoms with Crippen molar-refractivity contribution in [1.29, 1.82) is 0 Å². The molecule has 1 atom stereocenters. The molecule has 4 heteroatoms. The van der Waals surface area contributed by atoms with Gasteiger partial charge in [-0.3, -0.25) is 4.68 Å². The molecule has 0 fully saturated rings. The first-order valence-electron chi connectivity index (χ1n) is 6.30. The molecule has 1 aromatic rings. The van der Waals surface area contributed by atoms with Gasteiger partial charge >= 0.3 is 0 Å². The predicted molar refractivity (Wildman–Crippen MR) is 71.1 cm³/mol. The maximum Gasteiger partial charge on any atom is 0.0728 e. The molecule has 0 aliphatic carbocycles. The van der Waals surface area contributed by atoms with Crippen LogP contribution in [0, 0.1) is 0 Å². The van der Waals surface area contributed by atoms with E-state index < -0.39 is 0 Å². The summed E-state index contributed by atoms with van der Waals surface area (Å²) in [6, 6.07) is 0.477. The van der Waals surface area contributed by atoms with Crippen LogP contribution in [0.5, 0.6) is 0 Å². The van der Waals surface area contributed by atoms with E-state index in [2.05, 4.69) is 23.9 Å². The van der Waals surface area contributed by atoms with E-state index in [0.29, 0.717) is 12.6 Å². The number of hydrogen-bond donors (Lipinski definition) is 2. The van der Waals surface area contributed by atoms with E-state index in [1.165, 1.54) is 6.42 Å². The van der Waals surface area contributed by atoms with E-state index >= 15 is 0 Å². The lowest BCUT2D eigenvalue weighted by Crippen LogP contribution is -2.18. The van der Waals surface area contributed by atoms with E-state index in [9.17, 15) is 0 Å². The normalized spacial score (nSPS) is 12.4. The average molecular weight is 237 g/mol. The molecule has 0 saturated heterocycles. The van der Waals surface area contributed by atoms with Gasteiger partial charge in [-0.1, -0.05) is 19.4 Å². The molecule has 1 aromatic heterocycles. The quantitative estimate of drug-likeness (QED) is 0.648. The standard InChI is InChI=1S/C13H23N3O/c1-3-5-7-12(6-4-2)15-13-10-14-16(11-13)8-9-17/h3,10-12,15,17H,1,4-9H2,2H3. The Labute approximate surface area is 103 Å². The summed E-state index contributed by atoms with van der Waals surface area (Å²) in [4.78, 5) is 0. The molecule has 0 aromatic carbocycles. The summed E-state index contributed by atoms with van der Waals surface area (Å²) in [5, 5.41) is 16.5. The van der Waals surface area contributed by atoms with Gasteiger partial charge in [0.05, 0.1) is 25.0 Å². The van der Waals surface area contributed by atoms with Gasteiger partial charge in [0.2, 0.25) is 0 Å². The van der Waals surface area contributed by atoms with Crippen LogP contribution in [0.3, 0.4) is 0 Å². The zero-order valence-corrected chi connectivity index (χ0v) is 10.6. The summed E-state index contributed by atoms with van der Waals surface area (Å²) in [5.41, 5.74) is 1.03. The molecule has 0 saturated carbocycles. The highest BCUT2D eigenvalue weighted by molar-refractivity contribution is 5.39. The average Bonchev–Trinajstić information content (AvgIpc) is 2.74. The molecule has 0 bridgehead atoms. The first-order chi connectivity index (χ1) is 8.30. The predicted octanol–water partition coefficient (Wildman–Crippen LogP) is 2.42. The highest BCUT2D eigenvalue weighted by Gasteiger charge is 2.07. The zero-order valence-electron chi connectivity index (χ0n) is 10.6. The lowest BCUT2D eigenvalue weighted by molar-refractivity contribution is 0.269. The van der Waals surface area contributed by atoms with Crippen LogP contribution in [0.2, 0.25) is 0 Å². The van der Waals surface area contributed by atoms with Gasteiger partial charge in [-0.25, -0.2) is 0 Å². The van der Waals surface area contributed by atoms with Crippen molar-refractivity contribution >= 4 is 5.69 Å². The van der Waals surface area contributed by atoms with Crippen molar-refractivity contribution in [3.63, 3.8) is 0 Å². The number of nitrogens with zero attached hydrogens (tertiary/aromatic N) is 2. The smallest absolute Gasteiger partial charge is 0.0728 e. The Hall–Kier alpha value is -1.29. The van der Waals surface area contributed by atoms with Gasteiger partial charge in [0.15, 0.2) is 0 Å². The second-order valence-electron chi connectivity index (χ2n) is 4.21. The van der Waals surface area contributed by atoms with Gasteiger partial charge in [-0.2, -0.15) is 5.10 Å². The molecule has 1 heterocycles. The maximum absolute atomic E-state index is 8.82. The number of aliphatic hydroxyl groups excluding tert-OH is 1. The van der Waals surface area contributed by atoms with Crippen LogP contribution < -0.4 is 5.32 Å². The van der Waals surface area contributed by atoms with E-state index in [1.807, 2.05) is 18.5 Å². The molecule has 0 spiro atoms. The zero-order chi connectivity index (χ0) is 12.5. The number of hydrogen-bond acceptors (Lipinski definition) is 3. The minimum absolute atomic E-state index is 0.121. The van der Waals surface area contributed by atoms with E-state index in [-0.39, 0.29) is 6.61 Å². The molecular formula is C13H23N3O. The summed E-state index contributed by atoms with van der Waals surface area (Å²) in [5.74, 6) is 0. The third-order valence-electron chi connectivity index (χ3n) is 2.69. The molecule has 0 radical (unpaired) electrons. The van der Waals surface area contributed by atoms with Crippen molar-refractivity contribution in [2.75, 3.05) is 11.9 Å². The molecule has 4 nitrogen and oxygen atoms in total. The molecule has 0 aliphatic rings. The van der Waals surface area contributed by atoms with Crippen LogP contribution >= 0.6 is 0 Å². The summed E-state index contributed by atoms with van der Waals surface area (Å²) in [6.07, 6.45) is 10.2. The molecule has 17 heavy (non-hydrogen) atoms. The van der Waals surface area contributed by atoms with E-state index in [4.69, 9.17) is 5.11 Å². The lowest BCUT2D eigenvalue weighted by atomic mass is 10.1. The van der Waals surface area contributed by atoms with Gasteiger partial charge in [-0.15, -0.1) is 6.58 Å². The summed E-state index contributed by atoms with van der Waals surface area (Å²) in [6.45, 7) is 6.62. The van der Waals surface area contributed by atoms with Gasteiger partial charge in [-0.05, 0) is 19.3 Å². The van der Waals surface area contributed by atoms with Crippen LogP contribution in [0.1, 0.15) is 32.6 Å². The Bertz CT molecular complexity index is 322. The maximum atomic E-state index is 8.82. The lowest BCUT2D eigenvalue weighted by Gasteiger charge is -2.17. The number of rotatable bonds is 9. The Morgan fingerprint density at radius 3 is 3.06 bits per heavy atom. The van der Waals surface area contributed by atoms with Crippen molar-refractivity contribution in [2.24, 2.45) is 0 Å². The fourth-order valence-corrected chi connectivity index (χ4v) is 1.85. The number of aliphatic hydroxyl groups is 1. The second kappa shape index (κ2) is 7.90. The highest BCUT2D eigenvalue weighted by Crippen LogP contribution is 2.13. The minimum atomic E-state index is 0.121. The van der Waals surface area contributed by atoms with Crippen LogP contribution in [0.25, 0.3) is 0 Å². The summed E-state index contributed by atoms with van der Waals surface area (Å²) < 4.78 is 1.75. The van der Waals surface area contributed by atoms with Crippen molar-refractivity contribution in [1.82, 2.24) is 9.78 Å². The number of anilines is 1. The third kappa shape index (κ3) is 5.04. The molecule has 1 unspecified atom stereocenters. The molecule has 0 aliphatic heterocycles. The van der Waals surface area contributed by atoms with Crippen molar-refractivity contribution < 1.29 is 5.11 Å². The fraction of sp³-hybridized carbons (Fsp3) is 0.615. The number of aromatic nitrogens is 2. The topological polar surface area (TPSA) is 50.1 Å². The molecule has 2 N–H and O–H groups in total. The van der Waals surface area contributed by atoms with Crippen molar-refractivity contribution in [3.8, 4) is 0 Å². The van der Waals surface area contributed by atoms with Crippen molar-refractivity contribution in [3.05, 3.63) is 25.0 Å². The van der Waals surface area contributed by atoms with Crippen molar-refractivity contribution in [2.45, 2.75) is 45.2 Å².